The van der Waals surface area contributed by atoms with Crippen LogP contribution in [-0.2, 0) is 0 Å². The lowest BCUT2D eigenvalue weighted by atomic mass is 10.1. The summed E-state index contributed by atoms with van der Waals surface area (Å²) >= 11 is 0. The van der Waals surface area contributed by atoms with Gasteiger partial charge in [-0.15, -0.1) is 0 Å². The van der Waals surface area contributed by atoms with Gasteiger partial charge in [0.15, 0.2) is 5.96 Å². The van der Waals surface area contributed by atoms with Gasteiger partial charge in [-0.25, -0.2) is 4.39 Å². The van der Waals surface area contributed by atoms with Gasteiger partial charge < -0.3 is 16.0 Å². The van der Waals surface area contributed by atoms with Crippen LogP contribution in [0.1, 0.15) is 44.2 Å². The number of guanidine groups is 1. The van der Waals surface area contributed by atoms with E-state index in [9.17, 15) is 4.39 Å². The van der Waals surface area contributed by atoms with Gasteiger partial charge in [-0.1, -0.05) is 38.3 Å². The first-order valence-corrected chi connectivity index (χ1v) is 8.00. The summed E-state index contributed by atoms with van der Waals surface area (Å²) in [6.07, 6.45) is 4.79. The molecule has 1 rings (SSSR count). The van der Waals surface area contributed by atoms with Crippen LogP contribution in [0.15, 0.2) is 29.3 Å². The molecule has 0 amide bonds. The first-order valence-electron chi connectivity index (χ1n) is 8.00. The molecule has 0 fully saturated rings. The van der Waals surface area contributed by atoms with E-state index in [4.69, 9.17) is 5.73 Å². The number of nitrogens with zero attached hydrogens (tertiary/aromatic N) is 2. The molecule has 1 atom stereocenters. The van der Waals surface area contributed by atoms with Crippen LogP contribution in [-0.4, -0.2) is 38.0 Å². The summed E-state index contributed by atoms with van der Waals surface area (Å²) < 4.78 is 13.4. The van der Waals surface area contributed by atoms with E-state index in [1.807, 2.05) is 25.1 Å². The van der Waals surface area contributed by atoms with Crippen LogP contribution in [0, 0.1) is 5.82 Å². The quantitative estimate of drug-likeness (QED) is 0.419. The lowest BCUT2D eigenvalue weighted by Crippen LogP contribution is -2.33. The molecule has 0 saturated heterocycles. The smallest absolute Gasteiger partial charge is 0.188 e. The van der Waals surface area contributed by atoms with Crippen molar-refractivity contribution in [1.82, 2.24) is 10.2 Å². The van der Waals surface area contributed by atoms with E-state index in [0.717, 1.165) is 18.5 Å². The molecule has 3 N–H and O–H groups in total. The molecule has 4 nitrogen and oxygen atoms in total. The highest BCUT2D eigenvalue weighted by Gasteiger charge is 2.14. The van der Waals surface area contributed by atoms with Gasteiger partial charge in [-0.3, -0.25) is 4.99 Å². The van der Waals surface area contributed by atoms with Gasteiger partial charge in [-0.05, 0) is 38.2 Å². The van der Waals surface area contributed by atoms with Crippen molar-refractivity contribution in [3.63, 3.8) is 0 Å². The van der Waals surface area contributed by atoms with Crippen molar-refractivity contribution in [2.24, 2.45) is 10.7 Å². The summed E-state index contributed by atoms with van der Waals surface area (Å²) in [5.41, 5.74) is 6.80. The van der Waals surface area contributed by atoms with Gasteiger partial charge in [-0.2, -0.15) is 0 Å². The second-order valence-corrected chi connectivity index (χ2v) is 5.75. The van der Waals surface area contributed by atoms with Crippen molar-refractivity contribution in [2.45, 2.75) is 38.6 Å². The number of hydrogen-bond donors (Lipinski definition) is 2. The zero-order chi connectivity index (χ0) is 16.4. The fourth-order valence-corrected chi connectivity index (χ4v) is 2.29. The molecule has 22 heavy (non-hydrogen) atoms. The van der Waals surface area contributed by atoms with E-state index >= 15 is 0 Å². The lowest BCUT2D eigenvalue weighted by molar-refractivity contribution is 0.305. The van der Waals surface area contributed by atoms with Crippen LogP contribution < -0.4 is 11.1 Å². The van der Waals surface area contributed by atoms with E-state index in [1.54, 1.807) is 12.1 Å². The van der Waals surface area contributed by atoms with E-state index in [0.29, 0.717) is 12.5 Å². The van der Waals surface area contributed by atoms with Gasteiger partial charge in [0, 0.05) is 6.54 Å². The maximum atomic E-state index is 13.4. The molecule has 1 aromatic carbocycles. The summed E-state index contributed by atoms with van der Waals surface area (Å²) in [5, 5.41) is 3.13. The topological polar surface area (TPSA) is 53.6 Å². The van der Waals surface area contributed by atoms with Crippen LogP contribution in [0.5, 0.6) is 0 Å². The SMILES string of the molecule is CCCCCCNC(N)=NCC(c1cccc(F)c1)N(C)C. The molecule has 0 aromatic heterocycles. The Morgan fingerprint density at radius 1 is 1.32 bits per heavy atom. The molecule has 0 aliphatic carbocycles. The average Bonchev–Trinajstić information content (AvgIpc) is 2.47. The molecule has 0 spiro atoms. The zero-order valence-electron chi connectivity index (χ0n) is 14.0. The van der Waals surface area contributed by atoms with Crippen LogP contribution >= 0.6 is 0 Å². The van der Waals surface area contributed by atoms with Gasteiger partial charge in [0.1, 0.15) is 5.82 Å². The van der Waals surface area contributed by atoms with Crippen LogP contribution in [0.4, 0.5) is 4.39 Å². The largest absolute Gasteiger partial charge is 0.370 e. The Hall–Kier alpha value is -1.62. The van der Waals surface area contributed by atoms with Crippen molar-refractivity contribution >= 4 is 5.96 Å². The second-order valence-electron chi connectivity index (χ2n) is 5.75. The standard InChI is InChI=1S/C17H29FN4/c1-4-5-6-7-11-20-17(19)21-13-16(22(2)3)14-9-8-10-15(18)12-14/h8-10,12,16H,4-7,11,13H2,1-3H3,(H3,19,20,21). The Labute approximate surface area is 133 Å². The van der Waals surface area contributed by atoms with Crippen molar-refractivity contribution in [3.05, 3.63) is 35.6 Å². The Morgan fingerprint density at radius 2 is 2.09 bits per heavy atom. The molecule has 0 aliphatic rings. The predicted molar refractivity (Wildman–Crippen MR) is 91.5 cm³/mol. The van der Waals surface area contributed by atoms with E-state index in [-0.39, 0.29) is 11.9 Å². The van der Waals surface area contributed by atoms with Crippen molar-refractivity contribution in [1.29, 1.82) is 0 Å². The number of hydrogen-bond acceptors (Lipinski definition) is 2. The highest BCUT2D eigenvalue weighted by Crippen LogP contribution is 2.19. The number of nitrogens with two attached hydrogens (primary N) is 1. The molecular formula is C17H29FN4. The third-order valence-corrected chi connectivity index (χ3v) is 3.63. The summed E-state index contributed by atoms with van der Waals surface area (Å²) in [6.45, 7) is 3.54. The highest BCUT2D eigenvalue weighted by atomic mass is 19.1. The third-order valence-electron chi connectivity index (χ3n) is 3.63. The number of unbranched alkanes of at least 4 members (excludes halogenated alkanes) is 3. The number of rotatable bonds is 9. The number of halogens is 1. The van der Waals surface area contributed by atoms with Crippen molar-refractivity contribution in [2.75, 3.05) is 27.2 Å². The number of aliphatic imine (C=N–C) groups is 1. The minimum atomic E-state index is -0.227. The average molecular weight is 308 g/mol. The minimum absolute atomic E-state index is 0.0103. The maximum Gasteiger partial charge on any atom is 0.188 e. The van der Waals surface area contributed by atoms with Gasteiger partial charge in [0.05, 0.1) is 12.6 Å². The van der Waals surface area contributed by atoms with Crippen molar-refractivity contribution in [3.8, 4) is 0 Å². The van der Waals surface area contributed by atoms with E-state index in [2.05, 4.69) is 17.2 Å². The molecule has 0 saturated carbocycles. The second kappa shape index (κ2) is 10.2. The van der Waals surface area contributed by atoms with Crippen LogP contribution in [0.2, 0.25) is 0 Å². The molecule has 0 aliphatic heterocycles. The molecule has 124 valence electrons. The summed E-state index contributed by atoms with van der Waals surface area (Å²) in [7, 11) is 3.92. The monoisotopic (exact) mass is 308 g/mol. The Kier molecular flexibility index (Phi) is 8.51. The molecule has 0 heterocycles. The summed E-state index contributed by atoms with van der Waals surface area (Å²) in [6, 6.07) is 6.65. The third kappa shape index (κ3) is 6.89. The maximum absolute atomic E-state index is 13.4. The molecule has 1 unspecified atom stereocenters. The minimum Gasteiger partial charge on any atom is -0.370 e. The Morgan fingerprint density at radius 3 is 2.73 bits per heavy atom. The van der Waals surface area contributed by atoms with E-state index < -0.39 is 0 Å². The normalized spacial score (nSPS) is 13.4. The number of nitrogens with one attached hydrogen (secondary N) is 1. The van der Waals surface area contributed by atoms with Gasteiger partial charge >= 0.3 is 0 Å². The van der Waals surface area contributed by atoms with Gasteiger partial charge in [0.25, 0.3) is 0 Å². The first-order chi connectivity index (χ1) is 10.5. The Bertz CT molecular complexity index is 460. The molecule has 0 radical (unpaired) electrons. The van der Waals surface area contributed by atoms with Gasteiger partial charge in [0.2, 0.25) is 0 Å². The van der Waals surface area contributed by atoms with Crippen LogP contribution in [0.25, 0.3) is 0 Å². The number of benzene rings is 1. The zero-order valence-corrected chi connectivity index (χ0v) is 14.0. The molecule has 1 aromatic rings. The molecule has 5 heteroatoms. The first kappa shape index (κ1) is 18.4. The predicted octanol–water partition coefficient (Wildman–Crippen LogP) is 2.91. The lowest BCUT2D eigenvalue weighted by Gasteiger charge is -2.23. The fourth-order valence-electron chi connectivity index (χ4n) is 2.29. The highest BCUT2D eigenvalue weighted by molar-refractivity contribution is 5.77. The van der Waals surface area contributed by atoms with Crippen LogP contribution in [0.3, 0.4) is 0 Å². The molecular weight excluding hydrogens is 279 g/mol. The fraction of sp³-hybridized carbons (Fsp3) is 0.588. The summed E-state index contributed by atoms with van der Waals surface area (Å²) in [5.74, 6) is 0.232. The Balaban J connectivity index is 2.51. The molecule has 0 bridgehead atoms. The van der Waals surface area contributed by atoms with E-state index in [1.165, 1.54) is 25.3 Å². The number of likely N-dealkylation sites (N-methyl/N-ethyl adjacent to an activating group) is 1. The van der Waals surface area contributed by atoms with Crippen molar-refractivity contribution < 1.29 is 4.39 Å². The summed E-state index contributed by atoms with van der Waals surface area (Å²) in [4.78, 5) is 6.41.